The molecular weight excluding hydrogens is 352 g/mol. The lowest BCUT2D eigenvalue weighted by atomic mass is 10.1. The first-order valence-corrected chi connectivity index (χ1v) is 8.18. The van der Waals surface area contributed by atoms with Crippen LogP contribution in [0.25, 0.3) is 21.8 Å². The topological polar surface area (TPSA) is 27.3 Å². The number of nitrogens with zero attached hydrogens (tertiary/aromatic N) is 2. The van der Waals surface area contributed by atoms with E-state index in [0.29, 0.717) is 0 Å². The Hall–Kier alpha value is -2.19. The van der Waals surface area contributed by atoms with E-state index in [1.165, 1.54) is 0 Å². The first-order chi connectivity index (χ1) is 12.5. The molecule has 8 heteroatoms. The Kier molecular flexibility index (Phi) is 5.73. The lowest BCUT2D eigenvalue weighted by molar-refractivity contribution is -0.681. The van der Waals surface area contributed by atoms with E-state index >= 15 is 0 Å². The quantitative estimate of drug-likeness (QED) is 0.444. The van der Waals surface area contributed by atoms with Crippen LogP contribution in [0.5, 0.6) is 0 Å². The van der Waals surface area contributed by atoms with Crippen LogP contribution in [0.4, 0.5) is 17.6 Å². The summed E-state index contributed by atoms with van der Waals surface area (Å²) in [5.74, 6) is 0.756. The van der Waals surface area contributed by atoms with E-state index in [9.17, 15) is 17.6 Å². The molecule has 0 spiro atoms. The zero-order chi connectivity index (χ0) is 18.7. The van der Waals surface area contributed by atoms with Gasteiger partial charge in [0.25, 0.3) is 5.82 Å². The maximum atomic E-state index is 12.3. The minimum absolute atomic E-state index is 0.150. The number of rotatable bonds is 8. The number of benzene rings is 2. The molecule has 0 fully saturated rings. The van der Waals surface area contributed by atoms with Crippen LogP contribution in [0.15, 0.2) is 36.4 Å². The summed E-state index contributed by atoms with van der Waals surface area (Å²) >= 11 is 0. The van der Waals surface area contributed by atoms with Crippen molar-refractivity contribution in [3.05, 3.63) is 42.2 Å². The molecule has 0 saturated heterocycles. The van der Waals surface area contributed by atoms with Crippen LogP contribution in [0, 0.1) is 6.92 Å². The number of halogens is 4. The molecule has 0 bridgehead atoms. The lowest BCUT2D eigenvalue weighted by Crippen LogP contribution is -2.39. The number of imidazole rings is 1. The molecule has 4 nitrogen and oxygen atoms in total. The normalized spacial score (nSPS) is 12.1. The summed E-state index contributed by atoms with van der Waals surface area (Å²) in [6.45, 7) is -3.68. The number of hydrogen-bond acceptors (Lipinski definition) is 2. The average molecular weight is 371 g/mol. The molecular formula is C18H19F4N2O2+. The van der Waals surface area contributed by atoms with Crippen LogP contribution in [-0.4, -0.2) is 31.0 Å². The summed E-state index contributed by atoms with van der Waals surface area (Å²) in [6, 6.07) is 11.7. The fourth-order valence-corrected chi connectivity index (χ4v) is 3.17. The van der Waals surface area contributed by atoms with Crippen LogP contribution < -0.4 is 4.57 Å². The van der Waals surface area contributed by atoms with Gasteiger partial charge < -0.3 is 9.47 Å². The molecule has 0 saturated carbocycles. The van der Waals surface area contributed by atoms with E-state index in [0.717, 1.165) is 27.6 Å². The molecule has 0 radical (unpaired) electrons. The minimum atomic E-state index is -2.83. The van der Waals surface area contributed by atoms with Gasteiger partial charge in [0, 0.05) is 6.92 Å². The van der Waals surface area contributed by atoms with Crippen molar-refractivity contribution in [1.29, 1.82) is 0 Å². The van der Waals surface area contributed by atoms with Crippen molar-refractivity contribution >= 4 is 21.8 Å². The van der Waals surface area contributed by atoms with Crippen molar-refractivity contribution in [3.63, 3.8) is 0 Å². The average Bonchev–Trinajstić information content (AvgIpc) is 2.84. The van der Waals surface area contributed by atoms with Crippen molar-refractivity contribution in [2.45, 2.75) is 33.2 Å². The van der Waals surface area contributed by atoms with E-state index in [-0.39, 0.29) is 26.3 Å². The van der Waals surface area contributed by atoms with Gasteiger partial charge in [-0.25, -0.2) is 9.13 Å². The van der Waals surface area contributed by atoms with Gasteiger partial charge in [0.15, 0.2) is 11.0 Å². The molecule has 26 heavy (non-hydrogen) atoms. The highest BCUT2D eigenvalue weighted by Crippen LogP contribution is 2.23. The van der Waals surface area contributed by atoms with E-state index in [1.807, 2.05) is 52.5 Å². The van der Waals surface area contributed by atoms with Gasteiger partial charge in [0.1, 0.15) is 13.1 Å². The fourth-order valence-electron chi connectivity index (χ4n) is 3.17. The van der Waals surface area contributed by atoms with Gasteiger partial charge in [-0.2, -0.15) is 17.6 Å². The molecule has 0 aliphatic heterocycles. The number of fused-ring (bicyclic) bond motifs is 2. The lowest BCUT2D eigenvalue weighted by Gasteiger charge is -2.03. The molecule has 0 aliphatic rings. The molecule has 1 aromatic heterocycles. The van der Waals surface area contributed by atoms with E-state index in [2.05, 4.69) is 9.47 Å². The minimum Gasteiger partial charge on any atom is -0.319 e. The van der Waals surface area contributed by atoms with Gasteiger partial charge in [-0.15, -0.1) is 0 Å². The number of ether oxygens (including phenoxy) is 2. The molecule has 3 aromatic rings. The standard InChI is InChI=1S/C18H19F4N2O2/c1-12-23(6-8-25-17(19)20)15-10-13-4-2-3-5-14(13)11-16(15)24(12)7-9-26-18(21)22/h2-5,10-11,17-18H,6-9H2,1H3/q+1. The second-order valence-electron chi connectivity index (χ2n) is 5.80. The van der Waals surface area contributed by atoms with Gasteiger partial charge >= 0.3 is 13.2 Å². The Morgan fingerprint density at radius 2 is 1.58 bits per heavy atom. The van der Waals surface area contributed by atoms with Gasteiger partial charge in [-0.3, -0.25) is 0 Å². The highest BCUT2D eigenvalue weighted by Gasteiger charge is 2.22. The third kappa shape index (κ3) is 3.96. The Bertz CT molecular complexity index is 825. The molecule has 0 atom stereocenters. The van der Waals surface area contributed by atoms with Crippen LogP contribution in [-0.2, 0) is 22.6 Å². The van der Waals surface area contributed by atoms with E-state index in [4.69, 9.17) is 0 Å². The summed E-state index contributed by atoms with van der Waals surface area (Å²) < 4.78 is 61.6. The van der Waals surface area contributed by atoms with Crippen molar-refractivity contribution in [2.24, 2.45) is 0 Å². The predicted molar refractivity (Wildman–Crippen MR) is 88.3 cm³/mol. The van der Waals surface area contributed by atoms with Crippen LogP contribution in [0.2, 0.25) is 0 Å². The van der Waals surface area contributed by atoms with Gasteiger partial charge in [-0.1, -0.05) is 24.3 Å². The summed E-state index contributed by atoms with van der Waals surface area (Å²) in [6.07, 6.45) is 0. The largest absolute Gasteiger partial charge is 0.345 e. The summed E-state index contributed by atoms with van der Waals surface area (Å²) in [5, 5.41) is 2.01. The number of aromatic nitrogens is 2. The van der Waals surface area contributed by atoms with Crippen molar-refractivity contribution in [1.82, 2.24) is 4.57 Å². The zero-order valence-electron chi connectivity index (χ0n) is 14.2. The van der Waals surface area contributed by atoms with Gasteiger partial charge in [0.05, 0.1) is 13.2 Å². The van der Waals surface area contributed by atoms with Crippen molar-refractivity contribution in [3.8, 4) is 0 Å². The van der Waals surface area contributed by atoms with E-state index in [1.54, 1.807) is 0 Å². The number of hydrogen-bond donors (Lipinski definition) is 0. The molecule has 1 heterocycles. The highest BCUT2D eigenvalue weighted by molar-refractivity contribution is 5.94. The van der Waals surface area contributed by atoms with Crippen LogP contribution in [0.3, 0.4) is 0 Å². The van der Waals surface area contributed by atoms with Gasteiger partial charge in [-0.05, 0) is 22.9 Å². The maximum Gasteiger partial charge on any atom is 0.345 e. The number of alkyl halides is 4. The molecule has 0 unspecified atom stereocenters. The molecule has 140 valence electrons. The zero-order valence-corrected chi connectivity index (χ0v) is 14.2. The highest BCUT2D eigenvalue weighted by atomic mass is 19.3. The molecule has 2 aromatic carbocycles. The second kappa shape index (κ2) is 8.01. The van der Waals surface area contributed by atoms with Crippen molar-refractivity contribution < 1.29 is 31.6 Å². The van der Waals surface area contributed by atoms with Gasteiger partial charge in [0.2, 0.25) is 0 Å². The maximum absolute atomic E-state index is 12.3. The molecule has 0 N–H and O–H groups in total. The Morgan fingerprint density at radius 1 is 0.962 bits per heavy atom. The Labute approximate surface area is 147 Å². The fraction of sp³-hybridized carbons (Fsp3) is 0.389. The predicted octanol–water partition coefficient (Wildman–Crippen LogP) is 3.87. The SMILES string of the molecule is Cc1n(CCOC(F)F)c2cc3ccccc3cc2[n+]1CCOC(F)F. The van der Waals surface area contributed by atoms with Crippen LogP contribution >= 0.6 is 0 Å². The smallest absolute Gasteiger partial charge is 0.319 e. The Morgan fingerprint density at radius 3 is 2.23 bits per heavy atom. The van der Waals surface area contributed by atoms with Crippen molar-refractivity contribution in [2.75, 3.05) is 13.2 Å². The monoisotopic (exact) mass is 371 g/mol. The Balaban J connectivity index is 2.02. The first kappa shape index (κ1) is 18.6. The summed E-state index contributed by atoms with van der Waals surface area (Å²) in [5.41, 5.74) is 1.66. The molecule has 3 rings (SSSR count). The molecule has 0 aliphatic carbocycles. The third-order valence-corrected chi connectivity index (χ3v) is 4.32. The van der Waals surface area contributed by atoms with E-state index < -0.39 is 13.2 Å². The van der Waals surface area contributed by atoms with Crippen LogP contribution in [0.1, 0.15) is 5.82 Å². The summed E-state index contributed by atoms with van der Waals surface area (Å²) in [7, 11) is 0. The summed E-state index contributed by atoms with van der Waals surface area (Å²) in [4.78, 5) is 0. The second-order valence-corrected chi connectivity index (χ2v) is 5.80. The third-order valence-electron chi connectivity index (χ3n) is 4.32. The first-order valence-electron chi connectivity index (χ1n) is 8.18. The molecule has 0 amide bonds.